The first-order chi connectivity index (χ1) is 8.49. The summed E-state index contributed by atoms with van der Waals surface area (Å²) in [7, 11) is 0. The van der Waals surface area contributed by atoms with Crippen LogP contribution in [-0.4, -0.2) is 22.8 Å². The van der Waals surface area contributed by atoms with Crippen molar-refractivity contribution in [3.63, 3.8) is 0 Å². The van der Waals surface area contributed by atoms with Gasteiger partial charge in [0.15, 0.2) is 0 Å². The van der Waals surface area contributed by atoms with Gasteiger partial charge in [0.05, 0.1) is 12.6 Å². The molecular formula is C12H12BrFN2O2. The molecule has 4 nitrogen and oxygen atoms in total. The van der Waals surface area contributed by atoms with Crippen LogP contribution in [0.25, 0.3) is 0 Å². The van der Waals surface area contributed by atoms with Crippen molar-refractivity contribution >= 4 is 27.7 Å². The molecule has 6 heteroatoms. The monoisotopic (exact) mass is 314 g/mol. The van der Waals surface area contributed by atoms with Crippen LogP contribution < -0.4 is 5.73 Å². The Hall–Kier alpha value is -1.27. The number of carbonyl (C=O) groups is 2. The molecule has 0 aromatic heterocycles. The van der Waals surface area contributed by atoms with E-state index in [4.69, 9.17) is 5.73 Å². The first-order valence-corrected chi connectivity index (χ1v) is 6.32. The van der Waals surface area contributed by atoms with Crippen LogP contribution in [0.3, 0.4) is 0 Å². The van der Waals surface area contributed by atoms with E-state index in [0.717, 1.165) is 4.90 Å². The lowest BCUT2D eigenvalue weighted by atomic mass is 10.0. The zero-order valence-corrected chi connectivity index (χ0v) is 11.1. The molecule has 0 spiro atoms. The molecule has 18 heavy (non-hydrogen) atoms. The molecule has 96 valence electrons. The molecule has 0 saturated carbocycles. The highest BCUT2D eigenvalue weighted by molar-refractivity contribution is 9.10. The normalized spacial score (nSPS) is 20.4. The van der Waals surface area contributed by atoms with E-state index in [1.165, 1.54) is 6.07 Å². The van der Waals surface area contributed by atoms with Crippen LogP contribution in [0.1, 0.15) is 18.4 Å². The van der Waals surface area contributed by atoms with Crippen molar-refractivity contribution in [3.8, 4) is 0 Å². The summed E-state index contributed by atoms with van der Waals surface area (Å²) >= 11 is 3.22. The summed E-state index contributed by atoms with van der Waals surface area (Å²) in [5, 5.41) is 0. The number of piperidine rings is 1. The summed E-state index contributed by atoms with van der Waals surface area (Å²) in [5.74, 6) is -1.19. The second-order valence-electron chi connectivity index (χ2n) is 4.20. The van der Waals surface area contributed by atoms with E-state index in [-0.39, 0.29) is 18.9 Å². The highest BCUT2D eigenvalue weighted by atomic mass is 79.9. The van der Waals surface area contributed by atoms with Crippen molar-refractivity contribution in [2.75, 3.05) is 0 Å². The van der Waals surface area contributed by atoms with Crippen molar-refractivity contribution in [3.05, 3.63) is 34.1 Å². The van der Waals surface area contributed by atoms with Gasteiger partial charge in [0.1, 0.15) is 5.82 Å². The predicted octanol–water partition coefficient (Wildman–Crippen LogP) is 1.56. The number of nitrogens with two attached hydrogens (primary N) is 1. The van der Waals surface area contributed by atoms with Crippen LogP contribution in [0.15, 0.2) is 22.7 Å². The van der Waals surface area contributed by atoms with Crippen LogP contribution in [0.4, 0.5) is 4.39 Å². The number of hydrogen-bond acceptors (Lipinski definition) is 3. The zero-order valence-electron chi connectivity index (χ0n) is 9.53. The molecule has 1 aromatic carbocycles. The Morgan fingerprint density at radius 2 is 2.17 bits per heavy atom. The Morgan fingerprint density at radius 3 is 2.89 bits per heavy atom. The van der Waals surface area contributed by atoms with E-state index >= 15 is 0 Å². The molecule has 0 aliphatic carbocycles. The molecule has 1 aliphatic rings. The fourth-order valence-electron chi connectivity index (χ4n) is 1.86. The Bertz CT molecular complexity index is 507. The molecule has 2 amide bonds. The Kier molecular flexibility index (Phi) is 3.77. The van der Waals surface area contributed by atoms with Crippen molar-refractivity contribution in [1.82, 2.24) is 4.90 Å². The van der Waals surface area contributed by atoms with Gasteiger partial charge in [-0.15, -0.1) is 0 Å². The summed E-state index contributed by atoms with van der Waals surface area (Å²) < 4.78 is 14.3. The Balaban J connectivity index is 2.24. The quantitative estimate of drug-likeness (QED) is 0.843. The summed E-state index contributed by atoms with van der Waals surface area (Å²) in [4.78, 5) is 24.5. The standard InChI is InChI=1S/C12H12BrFN2O2/c13-8-1-2-9(14)7(5-8)6-16-11(17)4-3-10(15)12(16)18/h1-2,5,10H,3-4,6,15H2. The van der Waals surface area contributed by atoms with Crippen LogP contribution >= 0.6 is 15.9 Å². The van der Waals surface area contributed by atoms with E-state index in [2.05, 4.69) is 15.9 Å². The van der Waals surface area contributed by atoms with Gasteiger partial charge in [0.25, 0.3) is 0 Å². The topological polar surface area (TPSA) is 63.4 Å². The molecule has 2 N–H and O–H groups in total. The molecule has 1 atom stereocenters. The lowest BCUT2D eigenvalue weighted by Crippen LogP contribution is -2.50. The Morgan fingerprint density at radius 1 is 1.44 bits per heavy atom. The number of amides is 2. The minimum absolute atomic E-state index is 0.0728. The maximum absolute atomic E-state index is 13.6. The lowest BCUT2D eigenvalue weighted by Gasteiger charge is -2.28. The third kappa shape index (κ3) is 2.59. The maximum atomic E-state index is 13.6. The van der Waals surface area contributed by atoms with Gasteiger partial charge in [-0.3, -0.25) is 14.5 Å². The lowest BCUT2D eigenvalue weighted by molar-refractivity contribution is -0.149. The first kappa shape index (κ1) is 13.2. The molecule has 1 saturated heterocycles. The zero-order chi connectivity index (χ0) is 13.3. The van der Waals surface area contributed by atoms with E-state index in [1.54, 1.807) is 12.1 Å². The average molecular weight is 315 g/mol. The van der Waals surface area contributed by atoms with Gasteiger partial charge in [0.2, 0.25) is 11.8 Å². The molecule has 0 bridgehead atoms. The molecule has 1 aromatic rings. The van der Waals surface area contributed by atoms with Crippen molar-refractivity contribution in [2.45, 2.75) is 25.4 Å². The number of likely N-dealkylation sites (tertiary alicyclic amines) is 1. The molecule has 1 heterocycles. The number of nitrogens with zero attached hydrogens (tertiary/aromatic N) is 1. The van der Waals surface area contributed by atoms with Crippen molar-refractivity contribution in [2.24, 2.45) is 5.73 Å². The second kappa shape index (κ2) is 5.16. The second-order valence-corrected chi connectivity index (χ2v) is 5.11. The fraction of sp³-hybridized carbons (Fsp3) is 0.333. The maximum Gasteiger partial charge on any atom is 0.246 e. The molecule has 2 rings (SSSR count). The van der Waals surface area contributed by atoms with E-state index in [0.29, 0.717) is 16.5 Å². The van der Waals surface area contributed by atoms with Gasteiger partial charge in [-0.2, -0.15) is 0 Å². The summed E-state index contributed by atoms with van der Waals surface area (Å²) in [6.45, 7) is -0.0728. The van der Waals surface area contributed by atoms with E-state index in [1.807, 2.05) is 0 Å². The van der Waals surface area contributed by atoms with Crippen LogP contribution in [-0.2, 0) is 16.1 Å². The molecule has 1 fully saturated rings. The molecule has 1 unspecified atom stereocenters. The van der Waals surface area contributed by atoms with Crippen LogP contribution in [0, 0.1) is 5.82 Å². The minimum Gasteiger partial charge on any atom is -0.320 e. The predicted molar refractivity (Wildman–Crippen MR) is 66.9 cm³/mol. The van der Waals surface area contributed by atoms with Gasteiger partial charge in [-0.05, 0) is 24.6 Å². The number of carbonyl (C=O) groups excluding carboxylic acids is 2. The number of imide groups is 1. The minimum atomic E-state index is -0.669. The summed E-state index contributed by atoms with van der Waals surface area (Å²) in [5.41, 5.74) is 5.90. The number of rotatable bonds is 2. The number of halogens is 2. The first-order valence-electron chi connectivity index (χ1n) is 5.53. The Labute approximate surface area is 112 Å². The van der Waals surface area contributed by atoms with Crippen LogP contribution in [0.5, 0.6) is 0 Å². The van der Waals surface area contributed by atoms with Gasteiger partial charge in [-0.25, -0.2) is 4.39 Å². The van der Waals surface area contributed by atoms with E-state index in [9.17, 15) is 14.0 Å². The van der Waals surface area contributed by atoms with Gasteiger partial charge in [0, 0.05) is 16.5 Å². The van der Waals surface area contributed by atoms with Crippen LogP contribution in [0.2, 0.25) is 0 Å². The van der Waals surface area contributed by atoms with Gasteiger partial charge >= 0.3 is 0 Å². The smallest absolute Gasteiger partial charge is 0.246 e. The van der Waals surface area contributed by atoms with Gasteiger partial charge < -0.3 is 5.73 Å². The van der Waals surface area contributed by atoms with E-state index < -0.39 is 17.8 Å². The molecule has 1 aliphatic heterocycles. The van der Waals surface area contributed by atoms with Gasteiger partial charge in [-0.1, -0.05) is 15.9 Å². The third-order valence-electron chi connectivity index (χ3n) is 2.89. The SMILES string of the molecule is NC1CCC(=O)N(Cc2cc(Br)ccc2F)C1=O. The van der Waals surface area contributed by atoms with Crippen molar-refractivity contribution in [1.29, 1.82) is 0 Å². The largest absolute Gasteiger partial charge is 0.320 e. The molecule has 0 radical (unpaired) electrons. The highest BCUT2D eigenvalue weighted by Gasteiger charge is 2.32. The fourth-order valence-corrected chi connectivity index (χ4v) is 2.27. The number of hydrogen-bond donors (Lipinski definition) is 1. The summed E-state index contributed by atoms with van der Waals surface area (Å²) in [6.07, 6.45) is 0.581. The summed E-state index contributed by atoms with van der Waals surface area (Å²) in [6, 6.07) is 3.73. The third-order valence-corrected chi connectivity index (χ3v) is 3.38. The number of benzene rings is 1. The van der Waals surface area contributed by atoms with Crippen molar-refractivity contribution < 1.29 is 14.0 Å². The highest BCUT2D eigenvalue weighted by Crippen LogP contribution is 2.20. The average Bonchev–Trinajstić information content (AvgIpc) is 2.34. The molecular weight excluding hydrogens is 303 g/mol.